The molecule has 1 heterocycles. The predicted octanol–water partition coefficient (Wildman–Crippen LogP) is 3.85. The monoisotopic (exact) mass is 281 g/mol. The molecule has 1 aliphatic heterocycles. The summed E-state index contributed by atoms with van der Waals surface area (Å²) in [4.78, 5) is 24.2. The van der Waals surface area contributed by atoms with E-state index in [-0.39, 0.29) is 11.8 Å². The smallest absolute Gasteiger partial charge is 0.259 e. The zero-order chi connectivity index (χ0) is 14.8. The van der Waals surface area contributed by atoms with Gasteiger partial charge in [0.2, 0.25) is 0 Å². The van der Waals surface area contributed by atoms with E-state index in [0.29, 0.717) is 11.1 Å². The summed E-state index contributed by atoms with van der Waals surface area (Å²) in [6.45, 7) is 2.19. The molecule has 21 heavy (non-hydrogen) atoms. The molecule has 0 saturated carbocycles. The van der Waals surface area contributed by atoms with Crippen molar-refractivity contribution in [3.63, 3.8) is 0 Å². The second-order valence-corrected chi connectivity index (χ2v) is 5.60. The third kappa shape index (κ3) is 2.44. The maximum Gasteiger partial charge on any atom is 0.259 e. The van der Waals surface area contributed by atoms with Gasteiger partial charge in [0, 0.05) is 10.9 Å². The Morgan fingerprint density at radius 2 is 1.81 bits per heavy atom. The van der Waals surface area contributed by atoms with E-state index in [1.807, 2.05) is 24.3 Å². The highest BCUT2D eigenvalue weighted by Crippen LogP contribution is 2.30. The molecular formula is C18H19NO2. The zero-order valence-corrected chi connectivity index (χ0v) is 12.2. The Balaban J connectivity index is 2.06. The van der Waals surface area contributed by atoms with E-state index < -0.39 is 0 Å². The number of hydrogen-bond donors (Lipinski definition) is 1. The average molecular weight is 281 g/mol. The molecule has 0 radical (unpaired) electrons. The Bertz CT molecular complexity index is 718. The van der Waals surface area contributed by atoms with Crippen LogP contribution in [0.5, 0.6) is 0 Å². The molecule has 0 atom stereocenters. The van der Waals surface area contributed by atoms with Crippen LogP contribution in [-0.2, 0) is 6.42 Å². The van der Waals surface area contributed by atoms with Gasteiger partial charge in [-0.3, -0.25) is 14.9 Å². The van der Waals surface area contributed by atoms with Crippen LogP contribution in [0, 0.1) is 0 Å². The van der Waals surface area contributed by atoms with Gasteiger partial charge in [-0.25, -0.2) is 0 Å². The fourth-order valence-corrected chi connectivity index (χ4v) is 3.05. The number of hydrogen-bond acceptors (Lipinski definition) is 2. The van der Waals surface area contributed by atoms with Crippen LogP contribution in [0.3, 0.4) is 0 Å². The molecular weight excluding hydrogens is 262 g/mol. The second-order valence-electron chi connectivity index (χ2n) is 5.60. The number of amides is 2. The van der Waals surface area contributed by atoms with Crippen molar-refractivity contribution >= 4 is 22.6 Å². The molecule has 2 amide bonds. The van der Waals surface area contributed by atoms with Gasteiger partial charge >= 0.3 is 0 Å². The number of benzene rings is 2. The van der Waals surface area contributed by atoms with E-state index in [4.69, 9.17) is 0 Å². The first-order chi connectivity index (χ1) is 10.2. The Labute approximate surface area is 124 Å². The summed E-state index contributed by atoms with van der Waals surface area (Å²) < 4.78 is 0. The largest absolute Gasteiger partial charge is 0.288 e. The topological polar surface area (TPSA) is 46.2 Å². The van der Waals surface area contributed by atoms with E-state index in [1.165, 1.54) is 19.3 Å². The first-order valence-corrected chi connectivity index (χ1v) is 7.62. The molecule has 0 aromatic heterocycles. The lowest BCUT2D eigenvalue weighted by molar-refractivity contribution is 0.0844. The van der Waals surface area contributed by atoms with Gasteiger partial charge in [0.1, 0.15) is 0 Å². The lowest BCUT2D eigenvalue weighted by Gasteiger charge is -2.19. The first kappa shape index (κ1) is 13.8. The van der Waals surface area contributed by atoms with E-state index >= 15 is 0 Å². The van der Waals surface area contributed by atoms with E-state index in [1.54, 1.807) is 6.07 Å². The Hall–Kier alpha value is -2.16. The van der Waals surface area contributed by atoms with Crippen LogP contribution in [0.25, 0.3) is 10.8 Å². The summed E-state index contributed by atoms with van der Waals surface area (Å²) in [5.41, 5.74) is 2.35. The number of carbonyl (C=O) groups is 2. The molecule has 0 fully saturated rings. The van der Waals surface area contributed by atoms with E-state index in [0.717, 1.165) is 29.2 Å². The first-order valence-electron chi connectivity index (χ1n) is 7.62. The van der Waals surface area contributed by atoms with Gasteiger partial charge in [-0.2, -0.15) is 0 Å². The third-order valence-electron chi connectivity index (χ3n) is 4.13. The van der Waals surface area contributed by atoms with Crippen molar-refractivity contribution < 1.29 is 9.59 Å². The summed E-state index contributed by atoms with van der Waals surface area (Å²) in [5, 5.41) is 4.24. The quantitative estimate of drug-likeness (QED) is 0.668. The summed E-state index contributed by atoms with van der Waals surface area (Å²) >= 11 is 0. The summed E-state index contributed by atoms with van der Waals surface area (Å²) in [6.07, 6.45) is 5.57. The van der Waals surface area contributed by atoms with Crippen molar-refractivity contribution in [1.29, 1.82) is 0 Å². The van der Waals surface area contributed by atoms with Crippen LogP contribution in [0.2, 0.25) is 0 Å². The van der Waals surface area contributed by atoms with Crippen LogP contribution in [-0.4, -0.2) is 11.8 Å². The highest BCUT2D eigenvalue weighted by Gasteiger charge is 2.26. The highest BCUT2D eigenvalue weighted by molar-refractivity contribution is 6.26. The maximum atomic E-state index is 12.3. The highest BCUT2D eigenvalue weighted by atomic mass is 16.2. The van der Waals surface area contributed by atoms with Gasteiger partial charge < -0.3 is 0 Å². The Morgan fingerprint density at radius 1 is 0.952 bits per heavy atom. The molecule has 108 valence electrons. The van der Waals surface area contributed by atoms with E-state index in [9.17, 15) is 9.59 Å². The van der Waals surface area contributed by atoms with Gasteiger partial charge in [0.15, 0.2) is 0 Å². The molecule has 3 rings (SSSR count). The SMILES string of the molecule is CCCCCCc1ccc2cccc3c2c1C(=O)NC3=O. The third-order valence-corrected chi connectivity index (χ3v) is 4.13. The predicted molar refractivity (Wildman–Crippen MR) is 83.6 cm³/mol. The van der Waals surface area contributed by atoms with Gasteiger partial charge in [-0.15, -0.1) is 0 Å². The van der Waals surface area contributed by atoms with Crippen LogP contribution in [0.1, 0.15) is 58.9 Å². The summed E-state index contributed by atoms with van der Waals surface area (Å²) in [6, 6.07) is 9.65. The van der Waals surface area contributed by atoms with Gasteiger partial charge in [-0.05, 0) is 29.9 Å². The normalized spacial score (nSPS) is 13.6. The molecule has 1 aliphatic rings. The lowest BCUT2D eigenvalue weighted by Crippen LogP contribution is -2.35. The number of unbranched alkanes of at least 4 members (excludes halogenated alkanes) is 3. The Kier molecular flexibility index (Phi) is 3.74. The summed E-state index contributed by atoms with van der Waals surface area (Å²) in [5.74, 6) is -0.545. The van der Waals surface area contributed by atoms with Gasteiger partial charge in [-0.1, -0.05) is 50.5 Å². The number of aryl methyl sites for hydroxylation is 1. The minimum absolute atomic E-state index is 0.255. The molecule has 0 aliphatic carbocycles. The molecule has 2 aromatic carbocycles. The molecule has 0 spiro atoms. The summed E-state index contributed by atoms with van der Waals surface area (Å²) in [7, 11) is 0. The van der Waals surface area contributed by atoms with Crippen LogP contribution < -0.4 is 5.32 Å². The zero-order valence-electron chi connectivity index (χ0n) is 12.2. The van der Waals surface area contributed by atoms with Crippen molar-refractivity contribution in [2.75, 3.05) is 0 Å². The van der Waals surface area contributed by atoms with E-state index in [2.05, 4.69) is 12.2 Å². The van der Waals surface area contributed by atoms with Gasteiger partial charge in [0.05, 0.1) is 5.56 Å². The minimum atomic E-state index is -0.291. The maximum absolute atomic E-state index is 12.3. The van der Waals surface area contributed by atoms with Crippen molar-refractivity contribution in [2.24, 2.45) is 0 Å². The second kappa shape index (κ2) is 5.68. The van der Waals surface area contributed by atoms with Crippen LogP contribution >= 0.6 is 0 Å². The number of rotatable bonds is 5. The van der Waals surface area contributed by atoms with Crippen LogP contribution in [0.4, 0.5) is 0 Å². The molecule has 3 heteroatoms. The van der Waals surface area contributed by atoms with Crippen molar-refractivity contribution in [2.45, 2.75) is 39.0 Å². The molecule has 3 nitrogen and oxygen atoms in total. The fraction of sp³-hybridized carbons (Fsp3) is 0.333. The Morgan fingerprint density at radius 3 is 2.62 bits per heavy atom. The number of nitrogens with one attached hydrogen (secondary N) is 1. The molecule has 2 aromatic rings. The van der Waals surface area contributed by atoms with Crippen molar-refractivity contribution in [3.05, 3.63) is 47.0 Å². The average Bonchev–Trinajstić information content (AvgIpc) is 2.49. The standard InChI is InChI=1S/C18H19NO2/c1-2-3-4-5-7-13-11-10-12-8-6-9-14-15(12)16(13)18(21)19-17(14)20/h6,8-11H,2-5,7H2,1H3,(H,19,20,21). The van der Waals surface area contributed by atoms with Crippen LogP contribution in [0.15, 0.2) is 30.3 Å². The van der Waals surface area contributed by atoms with Crippen molar-refractivity contribution in [3.8, 4) is 0 Å². The number of carbonyl (C=O) groups excluding carboxylic acids is 2. The molecule has 0 saturated heterocycles. The molecule has 0 bridgehead atoms. The fourth-order valence-electron chi connectivity index (χ4n) is 3.05. The lowest BCUT2D eigenvalue weighted by atomic mass is 9.89. The van der Waals surface area contributed by atoms with Gasteiger partial charge in [0.25, 0.3) is 11.8 Å². The molecule has 0 unspecified atom stereocenters. The minimum Gasteiger partial charge on any atom is -0.288 e. The molecule has 1 N–H and O–H groups in total. The number of imide groups is 1. The van der Waals surface area contributed by atoms with Crippen molar-refractivity contribution in [1.82, 2.24) is 5.32 Å².